The fourth-order valence-electron chi connectivity index (χ4n) is 4.09. The van der Waals surface area contributed by atoms with E-state index in [1.165, 1.54) is 15.4 Å². The molecule has 28 heavy (non-hydrogen) atoms. The number of hydrogen-bond acceptors (Lipinski definition) is 4. The van der Waals surface area contributed by atoms with Gasteiger partial charge in [-0.25, -0.2) is 5.01 Å². The molecule has 1 aromatic heterocycles. The lowest BCUT2D eigenvalue weighted by molar-refractivity contribution is -0.138. The molecule has 1 aromatic carbocycles. The molecule has 4 rings (SSSR count). The molecule has 0 fully saturated rings. The Labute approximate surface area is 169 Å². The highest BCUT2D eigenvalue weighted by Crippen LogP contribution is 2.35. The first kappa shape index (κ1) is 18.9. The molecule has 0 saturated heterocycles. The molecule has 5 nitrogen and oxygen atoms in total. The molecule has 0 aliphatic carbocycles. The fourth-order valence-corrected chi connectivity index (χ4v) is 5.02. The van der Waals surface area contributed by atoms with Crippen LogP contribution in [0.2, 0.25) is 0 Å². The Balaban J connectivity index is 1.35. The second-order valence-electron chi connectivity index (χ2n) is 7.24. The van der Waals surface area contributed by atoms with Crippen LogP contribution in [0.4, 0.5) is 0 Å². The number of nitrogens with zero attached hydrogens (tertiary/aromatic N) is 3. The van der Waals surface area contributed by atoms with E-state index in [2.05, 4.69) is 23.5 Å². The molecule has 6 heteroatoms. The van der Waals surface area contributed by atoms with Crippen LogP contribution < -0.4 is 0 Å². The van der Waals surface area contributed by atoms with Crippen LogP contribution in [0.3, 0.4) is 0 Å². The van der Waals surface area contributed by atoms with Crippen LogP contribution in [0, 0.1) is 0 Å². The van der Waals surface area contributed by atoms with Gasteiger partial charge in [0.25, 0.3) is 0 Å². The lowest BCUT2D eigenvalue weighted by Gasteiger charge is -2.35. The van der Waals surface area contributed by atoms with Crippen molar-refractivity contribution in [2.24, 2.45) is 5.10 Å². The number of rotatable bonds is 5. The van der Waals surface area contributed by atoms with Crippen LogP contribution in [0.25, 0.3) is 0 Å². The van der Waals surface area contributed by atoms with E-state index < -0.39 is 0 Å². The second kappa shape index (κ2) is 8.27. The highest BCUT2D eigenvalue weighted by atomic mass is 32.1. The summed E-state index contributed by atoms with van der Waals surface area (Å²) in [4.78, 5) is 28.8. The van der Waals surface area contributed by atoms with Gasteiger partial charge >= 0.3 is 0 Å². The summed E-state index contributed by atoms with van der Waals surface area (Å²) in [5, 5.41) is 8.12. The Morgan fingerprint density at radius 2 is 1.86 bits per heavy atom. The highest BCUT2D eigenvalue weighted by molar-refractivity contribution is 7.10. The van der Waals surface area contributed by atoms with E-state index in [1.807, 2.05) is 35.2 Å². The zero-order valence-electron chi connectivity index (χ0n) is 16.1. The zero-order valence-corrected chi connectivity index (χ0v) is 17.0. The van der Waals surface area contributed by atoms with Crippen LogP contribution in [-0.4, -0.2) is 40.5 Å². The third kappa shape index (κ3) is 3.74. The van der Waals surface area contributed by atoms with Crippen molar-refractivity contribution in [2.45, 2.75) is 45.1 Å². The number of hydrazone groups is 1. The van der Waals surface area contributed by atoms with Gasteiger partial charge in [-0.1, -0.05) is 37.3 Å². The summed E-state index contributed by atoms with van der Waals surface area (Å²) >= 11 is 1.78. The molecule has 2 aromatic rings. The molecule has 1 atom stereocenters. The van der Waals surface area contributed by atoms with Gasteiger partial charge < -0.3 is 4.90 Å². The van der Waals surface area contributed by atoms with E-state index in [0.717, 1.165) is 37.1 Å². The summed E-state index contributed by atoms with van der Waals surface area (Å²) in [5.41, 5.74) is 3.28. The van der Waals surface area contributed by atoms with E-state index in [0.29, 0.717) is 6.54 Å². The molecule has 0 N–H and O–H groups in total. The molecule has 2 aliphatic heterocycles. The lowest BCUT2D eigenvalue weighted by atomic mass is 9.97. The molecule has 0 spiro atoms. The van der Waals surface area contributed by atoms with Gasteiger partial charge in [0.2, 0.25) is 11.8 Å². The minimum atomic E-state index is -0.0689. The summed E-state index contributed by atoms with van der Waals surface area (Å²) < 4.78 is 0. The summed E-state index contributed by atoms with van der Waals surface area (Å²) in [5.74, 6) is 0.00377. The van der Waals surface area contributed by atoms with Crippen LogP contribution in [0.15, 0.2) is 46.9 Å². The van der Waals surface area contributed by atoms with Crippen molar-refractivity contribution >= 4 is 28.9 Å². The first-order valence-electron chi connectivity index (χ1n) is 9.96. The lowest BCUT2D eigenvalue weighted by Crippen LogP contribution is -2.39. The summed E-state index contributed by atoms with van der Waals surface area (Å²) in [6.45, 7) is 3.46. The maximum atomic E-state index is 12.8. The Bertz CT molecular complexity index is 890. The van der Waals surface area contributed by atoms with Gasteiger partial charge in [0.1, 0.15) is 0 Å². The number of fused-ring (bicyclic) bond motifs is 1. The topological polar surface area (TPSA) is 53.0 Å². The van der Waals surface area contributed by atoms with Crippen LogP contribution in [0.5, 0.6) is 0 Å². The van der Waals surface area contributed by atoms with E-state index in [9.17, 15) is 9.59 Å². The van der Waals surface area contributed by atoms with Crippen LogP contribution >= 0.6 is 11.3 Å². The van der Waals surface area contributed by atoms with Crippen molar-refractivity contribution in [1.29, 1.82) is 0 Å². The summed E-state index contributed by atoms with van der Waals surface area (Å²) in [6, 6.07) is 12.2. The molecule has 146 valence electrons. The van der Waals surface area contributed by atoms with E-state index in [-0.39, 0.29) is 30.7 Å². The van der Waals surface area contributed by atoms with Crippen molar-refractivity contribution in [1.82, 2.24) is 9.91 Å². The largest absolute Gasteiger partial charge is 0.335 e. The molecular weight excluding hydrogens is 370 g/mol. The van der Waals surface area contributed by atoms with Gasteiger partial charge in [-0.3, -0.25) is 9.59 Å². The van der Waals surface area contributed by atoms with Gasteiger partial charge in [0.15, 0.2) is 0 Å². The van der Waals surface area contributed by atoms with Crippen LogP contribution in [-0.2, 0) is 16.0 Å². The number of amides is 2. The second-order valence-corrected chi connectivity index (χ2v) is 8.24. The highest BCUT2D eigenvalue weighted by Gasteiger charge is 2.31. The molecule has 0 bridgehead atoms. The number of carbonyl (C=O) groups excluding carboxylic acids is 2. The third-order valence-corrected chi connectivity index (χ3v) is 6.55. The van der Waals surface area contributed by atoms with E-state index in [4.69, 9.17) is 0 Å². The average molecular weight is 396 g/mol. The fraction of sp³-hybridized carbons (Fsp3) is 0.409. The van der Waals surface area contributed by atoms with Crippen molar-refractivity contribution in [3.63, 3.8) is 0 Å². The molecule has 1 unspecified atom stereocenters. The SMILES string of the molecule is CCC1c2ccsc2CCN1C(=O)CCC(=O)N1CCC(c2ccccc2)=N1. The molecular formula is C22H25N3O2S. The summed E-state index contributed by atoms with van der Waals surface area (Å²) in [7, 11) is 0. The Kier molecular flexibility index (Phi) is 5.57. The van der Waals surface area contributed by atoms with E-state index in [1.54, 1.807) is 11.3 Å². The van der Waals surface area contributed by atoms with Gasteiger partial charge in [-0.2, -0.15) is 5.10 Å². The van der Waals surface area contributed by atoms with Crippen molar-refractivity contribution in [3.05, 3.63) is 57.8 Å². The predicted molar refractivity (Wildman–Crippen MR) is 111 cm³/mol. The Hall–Kier alpha value is -2.47. The van der Waals surface area contributed by atoms with Gasteiger partial charge in [0, 0.05) is 30.7 Å². The van der Waals surface area contributed by atoms with Crippen LogP contribution in [0.1, 0.15) is 54.7 Å². The molecule has 2 amide bonds. The quantitative estimate of drug-likeness (QED) is 0.768. The minimum absolute atomic E-state index is 0.0689. The molecule has 2 aliphatic rings. The van der Waals surface area contributed by atoms with Gasteiger partial charge in [-0.05, 0) is 35.4 Å². The van der Waals surface area contributed by atoms with Crippen molar-refractivity contribution in [2.75, 3.05) is 13.1 Å². The molecule has 3 heterocycles. The number of hydrogen-bond donors (Lipinski definition) is 0. The predicted octanol–water partition coefficient (Wildman–Crippen LogP) is 4.00. The van der Waals surface area contributed by atoms with Crippen molar-refractivity contribution < 1.29 is 9.59 Å². The zero-order chi connectivity index (χ0) is 19.5. The standard InChI is InChI=1S/C22H25N3O2S/c1-2-19-17-12-15-28-20(17)11-13-24(19)21(26)8-9-22(27)25-14-10-18(23-25)16-6-4-3-5-7-16/h3-7,12,15,19H,2,8-11,13-14H2,1H3. The smallest absolute Gasteiger partial charge is 0.243 e. The maximum absolute atomic E-state index is 12.8. The normalized spacial score (nSPS) is 18.8. The first-order chi connectivity index (χ1) is 13.7. The van der Waals surface area contributed by atoms with Gasteiger partial charge in [-0.15, -0.1) is 11.3 Å². The summed E-state index contributed by atoms with van der Waals surface area (Å²) in [6.07, 6.45) is 3.05. The third-order valence-electron chi connectivity index (χ3n) is 5.55. The maximum Gasteiger partial charge on any atom is 0.243 e. The Morgan fingerprint density at radius 1 is 1.07 bits per heavy atom. The van der Waals surface area contributed by atoms with Gasteiger partial charge in [0.05, 0.1) is 18.3 Å². The van der Waals surface area contributed by atoms with Crippen molar-refractivity contribution in [3.8, 4) is 0 Å². The number of thiophene rings is 1. The first-order valence-corrected chi connectivity index (χ1v) is 10.8. The molecule has 0 radical (unpaired) electrons. The number of carbonyl (C=O) groups is 2. The number of benzene rings is 1. The average Bonchev–Trinajstić information content (AvgIpc) is 3.41. The van der Waals surface area contributed by atoms with E-state index >= 15 is 0 Å². The minimum Gasteiger partial charge on any atom is -0.335 e. The monoisotopic (exact) mass is 395 g/mol. The molecule has 0 saturated carbocycles. The Morgan fingerprint density at radius 3 is 2.64 bits per heavy atom.